The smallest absolute Gasteiger partial charge is 0.0663 e. The Labute approximate surface area is 77.1 Å². The van der Waals surface area contributed by atoms with Crippen molar-refractivity contribution < 1.29 is 4.74 Å². The lowest BCUT2D eigenvalue weighted by Crippen LogP contribution is -2.35. The van der Waals surface area contributed by atoms with Gasteiger partial charge in [-0.05, 0) is 6.07 Å². The average Bonchev–Trinajstić information content (AvgIpc) is 2.20. The average molecular weight is 179 g/mol. The number of hydrogen-bond acceptors (Lipinski definition) is 4. The first-order chi connectivity index (χ1) is 6.38. The Morgan fingerprint density at radius 1 is 1.62 bits per heavy atom. The van der Waals surface area contributed by atoms with E-state index in [4.69, 9.17) is 10.5 Å². The van der Waals surface area contributed by atoms with Crippen LogP contribution in [0.15, 0.2) is 18.5 Å². The highest BCUT2D eigenvalue weighted by Crippen LogP contribution is 2.20. The predicted octanol–water partition coefficient (Wildman–Crippen LogP) is 0.325. The first kappa shape index (κ1) is 8.47. The van der Waals surface area contributed by atoms with E-state index in [-0.39, 0.29) is 6.04 Å². The molecule has 1 atom stereocenters. The number of aromatic nitrogens is 1. The van der Waals surface area contributed by atoms with E-state index in [0.717, 1.165) is 24.4 Å². The van der Waals surface area contributed by atoms with Crippen LogP contribution in [0, 0.1) is 0 Å². The summed E-state index contributed by atoms with van der Waals surface area (Å²) >= 11 is 0. The van der Waals surface area contributed by atoms with Crippen LogP contribution in [0.25, 0.3) is 0 Å². The summed E-state index contributed by atoms with van der Waals surface area (Å²) in [5.74, 6) is 0. The standard InChI is InChI=1S/C9H13N3O/c10-8-1-2-11-5-7(8)9-6-13-4-3-12-9/h1-2,5,9,12H,3-4,6H2,(H2,10,11)/t9-/m0/s1. The van der Waals surface area contributed by atoms with Gasteiger partial charge in [-0.25, -0.2) is 0 Å². The highest BCUT2D eigenvalue weighted by Gasteiger charge is 2.16. The van der Waals surface area contributed by atoms with Crippen molar-refractivity contribution in [3.63, 3.8) is 0 Å². The maximum Gasteiger partial charge on any atom is 0.0663 e. The minimum atomic E-state index is 0.197. The molecule has 1 aromatic rings. The minimum Gasteiger partial charge on any atom is -0.398 e. The van der Waals surface area contributed by atoms with Crippen molar-refractivity contribution in [1.29, 1.82) is 0 Å². The Morgan fingerprint density at radius 2 is 2.54 bits per heavy atom. The normalized spacial score (nSPS) is 22.9. The fourth-order valence-electron chi connectivity index (χ4n) is 1.47. The van der Waals surface area contributed by atoms with Gasteiger partial charge in [-0.2, -0.15) is 0 Å². The maximum absolute atomic E-state index is 5.82. The van der Waals surface area contributed by atoms with Gasteiger partial charge in [0.15, 0.2) is 0 Å². The highest BCUT2D eigenvalue weighted by atomic mass is 16.5. The molecule has 2 rings (SSSR count). The van der Waals surface area contributed by atoms with E-state index in [1.54, 1.807) is 12.4 Å². The summed E-state index contributed by atoms with van der Waals surface area (Å²) in [5, 5.41) is 3.33. The third-order valence-corrected chi connectivity index (χ3v) is 2.18. The Bertz CT molecular complexity index is 284. The van der Waals surface area contributed by atoms with Crippen LogP contribution in [0.2, 0.25) is 0 Å². The molecule has 4 heteroatoms. The van der Waals surface area contributed by atoms with Crippen LogP contribution in [0.3, 0.4) is 0 Å². The first-order valence-corrected chi connectivity index (χ1v) is 4.38. The molecule has 1 fully saturated rings. The zero-order valence-electron chi connectivity index (χ0n) is 7.36. The van der Waals surface area contributed by atoms with Gasteiger partial charge in [0.05, 0.1) is 19.3 Å². The zero-order chi connectivity index (χ0) is 9.10. The number of hydrogen-bond donors (Lipinski definition) is 2. The third-order valence-electron chi connectivity index (χ3n) is 2.18. The number of pyridine rings is 1. The summed E-state index contributed by atoms with van der Waals surface area (Å²) in [7, 11) is 0. The van der Waals surface area contributed by atoms with Crippen LogP contribution in [-0.2, 0) is 4.74 Å². The summed E-state index contributed by atoms with van der Waals surface area (Å²) in [4.78, 5) is 4.05. The molecule has 3 N–H and O–H groups in total. The Hall–Kier alpha value is -1.13. The van der Waals surface area contributed by atoms with Crippen LogP contribution >= 0.6 is 0 Å². The lowest BCUT2D eigenvalue weighted by molar-refractivity contribution is 0.0770. The molecule has 0 aromatic carbocycles. The summed E-state index contributed by atoms with van der Waals surface area (Å²) in [6.07, 6.45) is 3.49. The quantitative estimate of drug-likeness (QED) is 0.652. The lowest BCUT2D eigenvalue weighted by atomic mass is 10.1. The van der Waals surface area contributed by atoms with E-state index in [1.807, 2.05) is 6.07 Å². The second-order valence-corrected chi connectivity index (χ2v) is 3.09. The first-order valence-electron chi connectivity index (χ1n) is 4.38. The topological polar surface area (TPSA) is 60.2 Å². The number of anilines is 1. The molecule has 0 spiro atoms. The van der Waals surface area contributed by atoms with Crippen LogP contribution < -0.4 is 11.1 Å². The number of nitrogen functional groups attached to an aromatic ring is 1. The van der Waals surface area contributed by atoms with E-state index in [2.05, 4.69) is 10.3 Å². The molecule has 70 valence electrons. The molecule has 4 nitrogen and oxygen atoms in total. The van der Waals surface area contributed by atoms with Crippen LogP contribution in [0.5, 0.6) is 0 Å². The lowest BCUT2D eigenvalue weighted by Gasteiger charge is -2.24. The van der Waals surface area contributed by atoms with E-state index in [0.29, 0.717) is 6.61 Å². The van der Waals surface area contributed by atoms with Crippen LogP contribution in [-0.4, -0.2) is 24.7 Å². The van der Waals surface area contributed by atoms with E-state index < -0.39 is 0 Å². The number of nitrogens with two attached hydrogens (primary N) is 1. The van der Waals surface area contributed by atoms with Gasteiger partial charge < -0.3 is 15.8 Å². The molecular weight excluding hydrogens is 166 g/mol. The van der Waals surface area contributed by atoms with E-state index >= 15 is 0 Å². The van der Waals surface area contributed by atoms with Crippen LogP contribution in [0.1, 0.15) is 11.6 Å². The molecule has 0 unspecified atom stereocenters. The van der Waals surface area contributed by atoms with Crippen molar-refractivity contribution in [2.45, 2.75) is 6.04 Å². The van der Waals surface area contributed by atoms with Gasteiger partial charge in [0, 0.05) is 30.2 Å². The molecule has 0 saturated carbocycles. The molecule has 0 amide bonds. The molecule has 1 aromatic heterocycles. The van der Waals surface area contributed by atoms with Gasteiger partial charge in [-0.1, -0.05) is 0 Å². The third kappa shape index (κ3) is 1.79. The molecule has 1 aliphatic rings. The Morgan fingerprint density at radius 3 is 3.23 bits per heavy atom. The summed E-state index contributed by atoms with van der Waals surface area (Å²) in [6.45, 7) is 2.32. The highest BCUT2D eigenvalue weighted by molar-refractivity contribution is 5.46. The molecule has 1 aliphatic heterocycles. The molecular formula is C9H13N3O. The fraction of sp³-hybridized carbons (Fsp3) is 0.444. The summed E-state index contributed by atoms with van der Waals surface area (Å²) < 4.78 is 5.35. The van der Waals surface area contributed by atoms with Gasteiger partial charge in [0.25, 0.3) is 0 Å². The second-order valence-electron chi connectivity index (χ2n) is 3.09. The van der Waals surface area contributed by atoms with Crippen LogP contribution in [0.4, 0.5) is 5.69 Å². The van der Waals surface area contributed by atoms with Gasteiger partial charge in [0.2, 0.25) is 0 Å². The molecule has 2 heterocycles. The Balaban J connectivity index is 2.18. The van der Waals surface area contributed by atoms with E-state index in [9.17, 15) is 0 Å². The molecule has 0 radical (unpaired) electrons. The second kappa shape index (κ2) is 3.72. The van der Waals surface area contributed by atoms with Gasteiger partial charge >= 0.3 is 0 Å². The zero-order valence-corrected chi connectivity index (χ0v) is 7.36. The van der Waals surface area contributed by atoms with Crippen molar-refractivity contribution in [1.82, 2.24) is 10.3 Å². The van der Waals surface area contributed by atoms with E-state index in [1.165, 1.54) is 0 Å². The number of nitrogens with zero attached hydrogens (tertiary/aromatic N) is 1. The number of nitrogens with one attached hydrogen (secondary N) is 1. The van der Waals surface area contributed by atoms with Gasteiger partial charge in [-0.3, -0.25) is 4.98 Å². The molecule has 1 saturated heterocycles. The monoisotopic (exact) mass is 179 g/mol. The molecule has 0 bridgehead atoms. The SMILES string of the molecule is Nc1ccncc1[C@@H]1COCCN1. The van der Waals surface area contributed by atoms with Gasteiger partial charge in [0.1, 0.15) is 0 Å². The Kier molecular flexibility index (Phi) is 2.42. The fourth-order valence-corrected chi connectivity index (χ4v) is 1.47. The van der Waals surface area contributed by atoms with Crippen molar-refractivity contribution in [2.24, 2.45) is 0 Å². The van der Waals surface area contributed by atoms with Crippen molar-refractivity contribution >= 4 is 5.69 Å². The number of morpholine rings is 1. The van der Waals surface area contributed by atoms with Crippen molar-refractivity contribution in [3.05, 3.63) is 24.0 Å². The summed E-state index contributed by atoms with van der Waals surface area (Å²) in [6, 6.07) is 2.01. The largest absolute Gasteiger partial charge is 0.398 e. The van der Waals surface area contributed by atoms with Crippen molar-refractivity contribution in [3.8, 4) is 0 Å². The summed E-state index contributed by atoms with van der Waals surface area (Å²) in [5.41, 5.74) is 7.62. The molecule has 13 heavy (non-hydrogen) atoms. The minimum absolute atomic E-state index is 0.197. The number of ether oxygens (including phenoxy) is 1. The number of rotatable bonds is 1. The maximum atomic E-state index is 5.82. The van der Waals surface area contributed by atoms with Gasteiger partial charge in [-0.15, -0.1) is 0 Å². The van der Waals surface area contributed by atoms with Crippen molar-refractivity contribution in [2.75, 3.05) is 25.5 Å². The molecule has 0 aliphatic carbocycles. The predicted molar refractivity (Wildman–Crippen MR) is 50.2 cm³/mol.